The van der Waals surface area contributed by atoms with Crippen LogP contribution >= 0.6 is 0 Å². The summed E-state index contributed by atoms with van der Waals surface area (Å²) < 4.78 is 31.0. The molecule has 11 nitrogen and oxygen atoms in total. The van der Waals surface area contributed by atoms with Crippen molar-refractivity contribution < 1.29 is 42.2 Å². The third kappa shape index (κ3) is 5.71. The Morgan fingerprint density at radius 3 is 1.84 bits per heavy atom. The zero-order chi connectivity index (χ0) is 27.9. The number of urea groups is 1. The molecule has 0 aromatic rings. The number of esters is 2. The maximum Gasteiger partial charge on any atom is 0.349 e. The van der Waals surface area contributed by atoms with Gasteiger partial charge in [-0.1, -0.05) is 41.5 Å². The molecule has 0 N–H and O–H groups in total. The van der Waals surface area contributed by atoms with E-state index in [0.29, 0.717) is 13.1 Å². The van der Waals surface area contributed by atoms with Crippen LogP contribution in [0.25, 0.3) is 0 Å². The highest BCUT2D eigenvalue weighted by Gasteiger charge is 2.66. The van der Waals surface area contributed by atoms with Gasteiger partial charge in [-0.15, -0.1) is 0 Å². The van der Waals surface area contributed by atoms with Crippen LogP contribution in [0.1, 0.15) is 75.2 Å². The van der Waals surface area contributed by atoms with E-state index in [-0.39, 0.29) is 16.7 Å². The van der Waals surface area contributed by atoms with E-state index in [0.717, 1.165) is 17.7 Å². The summed E-state index contributed by atoms with van der Waals surface area (Å²) in [5, 5.41) is -0.746. The first-order valence-electron chi connectivity index (χ1n) is 12.9. The van der Waals surface area contributed by atoms with E-state index < -0.39 is 63.1 Å². The number of carbonyl (C=O) groups excluding carboxylic acids is 4. The van der Waals surface area contributed by atoms with E-state index in [1.165, 1.54) is 20.8 Å². The number of imide groups is 1. The lowest BCUT2D eigenvalue weighted by molar-refractivity contribution is -0.275. The minimum Gasteiger partial charge on any atom is -0.456 e. The van der Waals surface area contributed by atoms with Gasteiger partial charge in [-0.05, 0) is 12.8 Å². The summed E-state index contributed by atoms with van der Waals surface area (Å²) >= 11 is 0. The first kappa shape index (κ1) is 29.5. The lowest BCUT2D eigenvalue weighted by Crippen LogP contribution is -2.74. The van der Waals surface area contributed by atoms with Crippen molar-refractivity contribution in [1.29, 1.82) is 0 Å². The SMILES string of the molecule is CC(=O)O[C@@H]1[C@H](OC(C)=O)[C@H](N(C(C)=O)C(=O)N2CCCC2)O[C@@H]2CO[Si](C(C)(C)C)(C(C)(C)C)O[C@@H]12. The van der Waals surface area contributed by atoms with Crippen LogP contribution in [0.4, 0.5) is 4.79 Å². The van der Waals surface area contributed by atoms with E-state index in [1.54, 1.807) is 4.90 Å². The van der Waals surface area contributed by atoms with Crippen molar-refractivity contribution in [1.82, 2.24) is 9.80 Å². The third-order valence-electron chi connectivity index (χ3n) is 7.12. The lowest BCUT2D eigenvalue weighted by Gasteiger charge is -2.58. The summed E-state index contributed by atoms with van der Waals surface area (Å²) in [4.78, 5) is 53.3. The van der Waals surface area contributed by atoms with Gasteiger partial charge in [0, 0.05) is 43.9 Å². The second-order valence-electron chi connectivity index (χ2n) is 12.1. The monoisotopic (exact) mass is 542 g/mol. The molecule has 0 aromatic carbocycles. The van der Waals surface area contributed by atoms with E-state index in [2.05, 4.69) is 0 Å². The fraction of sp³-hybridized carbons (Fsp3) is 0.840. The lowest BCUT2D eigenvalue weighted by atomic mass is 9.97. The molecular formula is C25H42N2O9Si. The summed E-state index contributed by atoms with van der Waals surface area (Å²) in [6.07, 6.45) is -3.71. The maximum absolute atomic E-state index is 13.4. The molecule has 3 fully saturated rings. The Kier molecular flexibility index (Phi) is 8.48. The van der Waals surface area contributed by atoms with Crippen LogP contribution in [0, 0.1) is 0 Å². The van der Waals surface area contributed by atoms with Gasteiger partial charge in [-0.2, -0.15) is 0 Å². The minimum atomic E-state index is -3.04. The van der Waals surface area contributed by atoms with E-state index in [1.807, 2.05) is 41.5 Å². The number of hydrogen-bond acceptors (Lipinski definition) is 9. The molecule has 3 aliphatic rings. The van der Waals surface area contributed by atoms with Crippen molar-refractivity contribution >= 4 is 32.4 Å². The van der Waals surface area contributed by atoms with Gasteiger partial charge in [0.1, 0.15) is 12.2 Å². The standard InChI is InChI=1S/C25H42N2O9Si/c1-15(28)27(23(31)26-12-10-11-13-26)22-21(34-17(3)30)20(33-16(2)29)19-18(35-22)14-32-37(36-19,24(4,5)6)25(7,8)9/h18-22H,10-14H2,1-9H3/t18-,19-,20+,21+,22-/m1/s1. The first-order chi connectivity index (χ1) is 17.0. The molecule has 3 saturated heterocycles. The van der Waals surface area contributed by atoms with Gasteiger partial charge in [0.2, 0.25) is 5.91 Å². The summed E-state index contributed by atoms with van der Waals surface area (Å²) in [5.74, 6) is -1.87. The fourth-order valence-corrected chi connectivity index (χ4v) is 10.8. The van der Waals surface area contributed by atoms with Gasteiger partial charge in [0.15, 0.2) is 18.4 Å². The minimum absolute atomic E-state index is 0.107. The molecule has 5 atom stereocenters. The van der Waals surface area contributed by atoms with Crippen LogP contribution in [-0.2, 0) is 37.4 Å². The smallest absolute Gasteiger partial charge is 0.349 e. The van der Waals surface area contributed by atoms with E-state index in [9.17, 15) is 19.2 Å². The van der Waals surface area contributed by atoms with Crippen molar-refractivity contribution in [2.24, 2.45) is 0 Å². The molecule has 3 aliphatic heterocycles. The van der Waals surface area contributed by atoms with Crippen LogP contribution in [-0.4, -0.2) is 92.6 Å². The Hall–Kier alpha value is -2.02. The molecule has 0 bridgehead atoms. The van der Waals surface area contributed by atoms with Crippen molar-refractivity contribution in [3.05, 3.63) is 0 Å². The molecule has 37 heavy (non-hydrogen) atoms. The predicted octanol–water partition coefficient (Wildman–Crippen LogP) is 3.10. The summed E-state index contributed by atoms with van der Waals surface area (Å²) in [7, 11) is -3.04. The number of hydrogen-bond donors (Lipinski definition) is 0. The number of nitrogens with zero attached hydrogens (tertiary/aromatic N) is 2. The molecule has 3 amide bonds. The Morgan fingerprint density at radius 1 is 0.865 bits per heavy atom. The van der Waals surface area contributed by atoms with Crippen LogP contribution in [0.5, 0.6) is 0 Å². The fourth-order valence-electron chi connectivity index (χ4n) is 5.84. The average Bonchev–Trinajstić information content (AvgIpc) is 3.28. The number of fused-ring (bicyclic) bond motifs is 1. The maximum atomic E-state index is 13.4. The quantitative estimate of drug-likeness (QED) is 0.391. The van der Waals surface area contributed by atoms with Crippen molar-refractivity contribution in [3.63, 3.8) is 0 Å². The molecule has 0 unspecified atom stereocenters. The average molecular weight is 543 g/mol. The number of likely N-dealkylation sites (tertiary alicyclic amines) is 1. The number of ether oxygens (including phenoxy) is 3. The number of rotatable bonds is 3. The molecule has 0 aromatic heterocycles. The van der Waals surface area contributed by atoms with E-state index in [4.69, 9.17) is 23.1 Å². The van der Waals surface area contributed by atoms with Gasteiger partial charge in [0.25, 0.3) is 0 Å². The van der Waals surface area contributed by atoms with Gasteiger partial charge in [0.05, 0.1) is 6.61 Å². The Morgan fingerprint density at radius 2 is 1.38 bits per heavy atom. The van der Waals surface area contributed by atoms with Crippen LogP contribution in [0.15, 0.2) is 0 Å². The Bertz CT molecular complexity index is 893. The molecule has 12 heteroatoms. The van der Waals surface area contributed by atoms with Crippen molar-refractivity contribution in [3.8, 4) is 0 Å². The van der Waals surface area contributed by atoms with Gasteiger partial charge >= 0.3 is 26.5 Å². The second-order valence-corrected chi connectivity index (χ2v) is 16.8. The molecule has 0 aliphatic carbocycles. The van der Waals surface area contributed by atoms with Crippen LogP contribution in [0.3, 0.4) is 0 Å². The molecule has 3 rings (SSSR count). The highest BCUT2D eigenvalue weighted by atomic mass is 28.4. The van der Waals surface area contributed by atoms with Gasteiger partial charge in [-0.3, -0.25) is 14.4 Å². The number of carbonyl (C=O) groups is 4. The molecule has 210 valence electrons. The highest BCUT2D eigenvalue weighted by molar-refractivity contribution is 6.73. The highest BCUT2D eigenvalue weighted by Crippen LogP contribution is 2.55. The first-order valence-corrected chi connectivity index (χ1v) is 14.7. The normalized spacial score (nSPS) is 29.8. The Labute approximate surface area is 220 Å². The predicted molar refractivity (Wildman–Crippen MR) is 135 cm³/mol. The summed E-state index contributed by atoms with van der Waals surface area (Å²) in [6.45, 7) is 17.1. The van der Waals surface area contributed by atoms with Gasteiger partial charge in [-0.25, -0.2) is 9.69 Å². The molecular weight excluding hydrogens is 500 g/mol. The van der Waals surface area contributed by atoms with Gasteiger partial charge < -0.3 is 28.0 Å². The second kappa shape index (κ2) is 10.6. The summed E-state index contributed by atoms with van der Waals surface area (Å²) in [5.41, 5.74) is 0. The van der Waals surface area contributed by atoms with Crippen LogP contribution in [0.2, 0.25) is 10.1 Å². The molecule has 0 spiro atoms. The Balaban J connectivity index is 2.09. The van der Waals surface area contributed by atoms with E-state index >= 15 is 0 Å². The van der Waals surface area contributed by atoms with Crippen molar-refractivity contribution in [2.75, 3.05) is 19.7 Å². The zero-order valence-corrected chi connectivity index (χ0v) is 24.5. The molecule has 0 saturated carbocycles. The van der Waals surface area contributed by atoms with Crippen LogP contribution < -0.4 is 0 Å². The zero-order valence-electron chi connectivity index (χ0n) is 23.5. The molecule has 0 radical (unpaired) electrons. The largest absolute Gasteiger partial charge is 0.456 e. The third-order valence-corrected chi connectivity index (χ3v) is 12.2. The van der Waals surface area contributed by atoms with Crippen molar-refractivity contribution in [2.45, 2.75) is 116 Å². The topological polar surface area (TPSA) is 121 Å². The summed E-state index contributed by atoms with van der Waals surface area (Å²) in [6, 6.07) is -0.544. The number of amides is 3. The molecule has 3 heterocycles.